The molecule has 5 heteroatoms. The van der Waals surface area contributed by atoms with Crippen LogP contribution in [0, 0.1) is 10.8 Å². The zero-order chi connectivity index (χ0) is 17.4. The number of carbonyl (C=O) groups excluding carboxylic acids is 1. The van der Waals surface area contributed by atoms with E-state index in [4.69, 9.17) is 14.2 Å². The molecule has 0 radical (unpaired) electrons. The molecule has 0 unspecified atom stereocenters. The van der Waals surface area contributed by atoms with E-state index in [9.17, 15) is 9.90 Å². The van der Waals surface area contributed by atoms with E-state index in [1.165, 1.54) is 7.11 Å². The van der Waals surface area contributed by atoms with Gasteiger partial charge in [0.2, 0.25) is 0 Å². The van der Waals surface area contributed by atoms with E-state index in [1.54, 1.807) is 7.11 Å². The second kappa shape index (κ2) is 6.22. The minimum atomic E-state index is -0.596. The fourth-order valence-corrected chi connectivity index (χ4v) is 4.20. The van der Waals surface area contributed by atoms with Crippen LogP contribution in [0.15, 0.2) is 36.4 Å². The van der Waals surface area contributed by atoms with Gasteiger partial charge in [-0.05, 0) is 42.5 Å². The van der Waals surface area contributed by atoms with Crippen molar-refractivity contribution in [2.24, 2.45) is 10.8 Å². The van der Waals surface area contributed by atoms with Gasteiger partial charge in [-0.15, -0.1) is 0 Å². The Kier molecular flexibility index (Phi) is 4.40. The molecule has 1 aromatic carbocycles. The fraction of sp³-hybridized carbons (Fsp3) is 0.526. The standard InChI is InChI=1S/C19H24O5/c1-13(10-24-11-14-4-6-15(22-2)7-5-14)19-12-18(19,17(21)23-3)9-8-16(19)20/h4-7,16,20H,1,8-12H2,2-3H3/t16-,18+,19-/m0/s1. The fourth-order valence-electron chi connectivity index (χ4n) is 4.20. The van der Waals surface area contributed by atoms with Gasteiger partial charge in [-0.25, -0.2) is 0 Å². The molecule has 5 nitrogen and oxygen atoms in total. The summed E-state index contributed by atoms with van der Waals surface area (Å²) in [6, 6.07) is 7.66. The first-order valence-corrected chi connectivity index (χ1v) is 8.15. The van der Waals surface area contributed by atoms with Crippen molar-refractivity contribution in [1.82, 2.24) is 0 Å². The lowest BCUT2D eigenvalue weighted by molar-refractivity contribution is -0.148. The van der Waals surface area contributed by atoms with Crippen LogP contribution in [-0.4, -0.2) is 38.0 Å². The Morgan fingerprint density at radius 3 is 2.67 bits per heavy atom. The van der Waals surface area contributed by atoms with E-state index in [-0.39, 0.29) is 5.97 Å². The van der Waals surface area contributed by atoms with E-state index in [0.29, 0.717) is 32.5 Å². The van der Waals surface area contributed by atoms with Gasteiger partial charge in [0.25, 0.3) is 0 Å². The Morgan fingerprint density at radius 1 is 1.33 bits per heavy atom. The molecule has 1 aromatic rings. The average Bonchev–Trinajstić information content (AvgIpc) is 3.23. The lowest BCUT2D eigenvalue weighted by atomic mass is 9.87. The summed E-state index contributed by atoms with van der Waals surface area (Å²) in [6.07, 6.45) is 1.32. The highest BCUT2D eigenvalue weighted by atomic mass is 16.5. The number of rotatable bonds is 7. The quantitative estimate of drug-likeness (QED) is 0.614. The van der Waals surface area contributed by atoms with Crippen molar-refractivity contribution in [2.75, 3.05) is 20.8 Å². The molecule has 2 aliphatic carbocycles. The number of hydrogen-bond acceptors (Lipinski definition) is 5. The maximum absolute atomic E-state index is 12.2. The molecule has 2 saturated carbocycles. The number of benzene rings is 1. The third-order valence-corrected chi connectivity index (χ3v) is 5.63. The summed E-state index contributed by atoms with van der Waals surface area (Å²) in [6.45, 7) is 4.87. The van der Waals surface area contributed by atoms with Gasteiger partial charge in [-0.2, -0.15) is 0 Å². The Bertz CT molecular complexity index is 638. The normalized spacial score (nSPS) is 30.5. The predicted octanol–water partition coefficient (Wildman–Crippen LogP) is 2.47. The number of fused-ring (bicyclic) bond motifs is 1. The first kappa shape index (κ1) is 17.0. The van der Waals surface area contributed by atoms with E-state index < -0.39 is 16.9 Å². The van der Waals surface area contributed by atoms with Crippen LogP contribution in [0.3, 0.4) is 0 Å². The summed E-state index contributed by atoms with van der Waals surface area (Å²) in [5.74, 6) is 0.562. The van der Waals surface area contributed by atoms with E-state index in [2.05, 4.69) is 6.58 Å². The van der Waals surface area contributed by atoms with Crippen molar-refractivity contribution in [1.29, 1.82) is 0 Å². The number of aliphatic hydroxyl groups is 1. The number of hydrogen-bond donors (Lipinski definition) is 1. The average molecular weight is 332 g/mol. The number of aliphatic hydroxyl groups excluding tert-OH is 1. The lowest BCUT2D eigenvalue weighted by Gasteiger charge is -2.23. The SMILES string of the molecule is C=C(COCc1ccc(OC)cc1)[C@]12C[C@@]1(C(=O)OC)CC[C@@H]2O. The monoisotopic (exact) mass is 332 g/mol. The molecule has 2 fully saturated rings. The molecule has 3 rings (SSSR count). The maximum atomic E-state index is 12.2. The summed E-state index contributed by atoms with van der Waals surface area (Å²) < 4.78 is 15.8. The van der Waals surface area contributed by atoms with Gasteiger partial charge in [-0.1, -0.05) is 18.7 Å². The number of ether oxygens (including phenoxy) is 3. The Morgan fingerprint density at radius 2 is 2.04 bits per heavy atom. The van der Waals surface area contributed by atoms with Crippen molar-refractivity contribution in [3.63, 3.8) is 0 Å². The molecule has 3 atom stereocenters. The zero-order valence-corrected chi connectivity index (χ0v) is 14.2. The van der Waals surface area contributed by atoms with Crippen LogP contribution < -0.4 is 4.74 Å². The highest BCUT2D eigenvalue weighted by Crippen LogP contribution is 2.76. The summed E-state index contributed by atoms with van der Waals surface area (Å²) in [5, 5.41) is 10.4. The molecule has 24 heavy (non-hydrogen) atoms. The van der Waals surface area contributed by atoms with Crippen molar-refractivity contribution in [3.05, 3.63) is 42.0 Å². The van der Waals surface area contributed by atoms with Gasteiger partial charge in [0.1, 0.15) is 5.75 Å². The van der Waals surface area contributed by atoms with Crippen molar-refractivity contribution < 1.29 is 24.1 Å². The molecule has 0 aromatic heterocycles. The minimum absolute atomic E-state index is 0.240. The summed E-state index contributed by atoms with van der Waals surface area (Å²) in [4.78, 5) is 12.2. The van der Waals surface area contributed by atoms with Gasteiger partial charge in [0.05, 0.1) is 39.0 Å². The lowest BCUT2D eigenvalue weighted by Crippen LogP contribution is -2.29. The molecule has 1 N–H and O–H groups in total. The van der Waals surface area contributed by atoms with E-state index in [0.717, 1.165) is 16.9 Å². The summed E-state index contributed by atoms with van der Waals surface area (Å²) in [5.41, 5.74) is 0.649. The largest absolute Gasteiger partial charge is 0.497 e. The van der Waals surface area contributed by atoms with Gasteiger partial charge in [0, 0.05) is 5.41 Å². The van der Waals surface area contributed by atoms with Crippen molar-refractivity contribution in [3.8, 4) is 5.75 Å². The van der Waals surface area contributed by atoms with Crippen LogP contribution in [0.25, 0.3) is 0 Å². The number of methoxy groups -OCH3 is 2. The Hall–Kier alpha value is -1.85. The first-order chi connectivity index (χ1) is 11.5. The molecule has 0 heterocycles. The van der Waals surface area contributed by atoms with Crippen molar-refractivity contribution >= 4 is 5.97 Å². The molecule has 0 spiro atoms. The van der Waals surface area contributed by atoms with Crippen LogP contribution in [-0.2, 0) is 20.9 Å². The second-order valence-corrected chi connectivity index (χ2v) is 6.72. The smallest absolute Gasteiger partial charge is 0.312 e. The molecule has 0 saturated heterocycles. The molecule has 0 aliphatic heterocycles. The third-order valence-electron chi connectivity index (χ3n) is 5.63. The molecular weight excluding hydrogens is 308 g/mol. The number of esters is 1. The molecule has 0 bridgehead atoms. The summed E-state index contributed by atoms with van der Waals surface area (Å²) in [7, 11) is 3.03. The highest BCUT2D eigenvalue weighted by Gasteiger charge is 2.79. The molecular formula is C19H24O5. The summed E-state index contributed by atoms with van der Waals surface area (Å²) >= 11 is 0. The maximum Gasteiger partial charge on any atom is 0.312 e. The van der Waals surface area contributed by atoms with Gasteiger partial charge >= 0.3 is 5.97 Å². The van der Waals surface area contributed by atoms with Crippen LogP contribution in [0.5, 0.6) is 5.75 Å². The van der Waals surface area contributed by atoms with Crippen LogP contribution in [0.4, 0.5) is 0 Å². The second-order valence-electron chi connectivity index (χ2n) is 6.72. The van der Waals surface area contributed by atoms with Gasteiger partial charge < -0.3 is 19.3 Å². The highest BCUT2D eigenvalue weighted by molar-refractivity contribution is 5.84. The number of carbonyl (C=O) groups is 1. The van der Waals surface area contributed by atoms with E-state index >= 15 is 0 Å². The predicted molar refractivity (Wildman–Crippen MR) is 88.5 cm³/mol. The first-order valence-electron chi connectivity index (χ1n) is 8.15. The van der Waals surface area contributed by atoms with Crippen LogP contribution >= 0.6 is 0 Å². The van der Waals surface area contributed by atoms with Crippen LogP contribution in [0.2, 0.25) is 0 Å². The third kappa shape index (κ3) is 2.43. The van der Waals surface area contributed by atoms with E-state index in [1.807, 2.05) is 24.3 Å². The topological polar surface area (TPSA) is 65.0 Å². The van der Waals surface area contributed by atoms with Crippen LogP contribution in [0.1, 0.15) is 24.8 Å². The minimum Gasteiger partial charge on any atom is -0.497 e. The zero-order valence-electron chi connectivity index (χ0n) is 14.2. The van der Waals surface area contributed by atoms with Crippen molar-refractivity contribution in [2.45, 2.75) is 32.0 Å². The van der Waals surface area contributed by atoms with Gasteiger partial charge in [-0.3, -0.25) is 4.79 Å². The Balaban J connectivity index is 1.60. The molecule has 2 aliphatic rings. The molecule has 130 valence electrons. The molecule has 0 amide bonds. The van der Waals surface area contributed by atoms with Gasteiger partial charge in [0.15, 0.2) is 0 Å². The Labute approximate surface area is 142 Å².